The maximum atomic E-state index is 11.4. The van der Waals surface area contributed by atoms with Crippen molar-refractivity contribution in [2.24, 2.45) is 0 Å². The maximum absolute atomic E-state index is 11.4. The Bertz CT molecular complexity index is 471. The third-order valence-electron chi connectivity index (χ3n) is 2.19. The second-order valence-electron chi connectivity index (χ2n) is 3.37. The standard InChI is InChI=1S/C10H11N5O2/c16-8(7-4-2-1-3-5-7)6-11-10(17)9-12-14-15-13-9/h1-5,8,16H,6H2,(H,11,17)(H,12,13,14,15). The van der Waals surface area contributed by atoms with E-state index in [1.165, 1.54) is 0 Å². The Morgan fingerprint density at radius 2 is 2.18 bits per heavy atom. The Kier molecular flexibility index (Phi) is 3.41. The summed E-state index contributed by atoms with van der Waals surface area (Å²) in [6.07, 6.45) is -0.757. The molecule has 88 valence electrons. The summed E-state index contributed by atoms with van der Waals surface area (Å²) in [7, 11) is 0. The fraction of sp³-hybridized carbons (Fsp3) is 0.200. The lowest BCUT2D eigenvalue weighted by molar-refractivity contribution is 0.0906. The smallest absolute Gasteiger partial charge is 0.292 e. The number of nitrogens with one attached hydrogen (secondary N) is 2. The van der Waals surface area contributed by atoms with Crippen LogP contribution in [0.1, 0.15) is 22.3 Å². The lowest BCUT2D eigenvalue weighted by Crippen LogP contribution is -2.29. The maximum Gasteiger partial charge on any atom is 0.292 e. The van der Waals surface area contributed by atoms with Crippen LogP contribution in [0.3, 0.4) is 0 Å². The number of aliphatic hydroxyl groups excluding tert-OH is 1. The van der Waals surface area contributed by atoms with Crippen molar-refractivity contribution in [2.45, 2.75) is 6.10 Å². The molecule has 1 aromatic heterocycles. The summed E-state index contributed by atoms with van der Waals surface area (Å²) < 4.78 is 0. The van der Waals surface area contributed by atoms with E-state index in [2.05, 4.69) is 25.9 Å². The number of tetrazole rings is 1. The molecule has 3 N–H and O–H groups in total. The van der Waals surface area contributed by atoms with Gasteiger partial charge in [-0.3, -0.25) is 4.79 Å². The number of hydrogen-bond donors (Lipinski definition) is 3. The highest BCUT2D eigenvalue weighted by atomic mass is 16.3. The lowest BCUT2D eigenvalue weighted by atomic mass is 10.1. The van der Waals surface area contributed by atoms with Crippen LogP contribution in [-0.4, -0.2) is 38.2 Å². The summed E-state index contributed by atoms with van der Waals surface area (Å²) in [6, 6.07) is 9.06. The third-order valence-corrected chi connectivity index (χ3v) is 2.19. The predicted octanol–water partition coefficient (Wildman–Crippen LogP) is -0.337. The first-order valence-electron chi connectivity index (χ1n) is 5.02. The van der Waals surface area contributed by atoms with E-state index in [1.54, 1.807) is 12.1 Å². The van der Waals surface area contributed by atoms with E-state index in [9.17, 15) is 9.90 Å². The number of carbonyl (C=O) groups excluding carboxylic acids is 1. The van der Waals surface area contributed by atoms with Crippen LogP contribution in [0, 0.1) is 0 Å². The van der Waals surface area contributed by atoms with Crippen LogP contribution in [-0.2, 0) is 0 Å². The van der Waals surface area contributed by atoms with Crippen LogP contribution in [0.5, 0.6) is 0 Å². The molecular formula is C10H11N5O2. The molecule has 7 nitrogen and oxygen atoms in total. The molecule has 2 rings (SSSR count). The molecule has 1 heterocycles. The Morgan fingerprint density at radius 1 is 1.41 bits per heavy atom. The number of rotatable bonds is 4. The molecule has 0 aliphatic heterocycles. The molecule has 0 bridgehead atoms. The van der Waals surface area contributed by atoms with Gasteiger partial charge in [-0.2, -0.15) is 5.21 Å². The van der Waals surface area contributed by atoms with E-state index in [4.69, 9.17) is 0 Å². The van der Waals surface area contributed by atoms with Crippen molar-refractivity contribution in [2.75, 3.05) is 6.54 Å². The molecule has 0 spiro atoms. The van der Waals surface area contributed by atoms with Gasteiger partial charge in [-0.05, 0) is 10.8 Å². The molecule has 0 aliphatic rings. The van der Waals surface area contributed by atoms with Crippen molar-refractivity contribution in [3.8, 4) is 0 Å². The molecule has 1 unspecified atom stereocenters. The first-order chi connectivity index (χ1) is 8.27. The lowest BCUT2D eigenvalue weighted by Gasteiger charge is -2.10. The number of benzene rings is 1. The summed E-state index contributed by atoms with van der Waals surface area (Å²) in [4.78, 5) is 11.4. The predicted molar refractivity (Wildman–Crippen MR) is 57.9 cm³/mol. The largest absolute Gasteiger partial charge is 0.387 e. The summed E-state index contributed by atoms with van der Waals surface area (Å²) in [5.41, 5.74) is 0.737. The minimum atomic E-state index is -0.757. The molecule has 0 fully saturated rings. The number of hydrogen-bond acceptors (Lipinski definition) is 5. The molecule has 1 atom stereocenters. The minimum Gasteiger partial charge on any atom is -0.387 e. The van der Waals surface area contributed by atoms with Gasteiger partial charge in [0.15, 0.2) is 0 Å². The SMILES string of the molecule is O=C(NCC(O)c1ccccc1)c1nn[nH]n1. The molecular weight excluding hydrogens is 222 g/mol. The topological polar surface area (TPSA) is 104 Å². The van der Waals surface area contributed by atoms with Crippen molar-refractivity contribution < 1.29 is 9.90 Å². The number of aliphatic hydroxyl groups is 1. The molecule has 1 aromatic carbocycles. The Labute approximate surface area is 96.9 Å². The summed E-state index contributed by atoms with van der Waals surface area (Å²) in [5, 5.41) is 24.8. The zero-order chi connectivity index (χ0) is 12.1. The molecule has 2 aromatic rings. The van der Waals surface area contributed by atoms with E-state index in [0.717, 1.165) is 5.56 Å². The number of H-pyrrole nitrogens is 1. The second kappa shape index (κ2) is 5.17. The van der Waals surface area contributed by atoms with Crippen molar-refractivity contribution in [3.05, 3.63) is 41.7 Å². The van der Waals surface area contributed by atoms with Crippen molar-refractivity contribution in [1.29, 1.82) is 0 Å². The molecule has 17 heavy (non-hydrogen) atoms. The van der Waals surface area contributed by atoms with E-state index in [0.29, 0.717) is 0 Å². The first kappa shape index (κ1) is 11.2. The van der Waals surface area contributed by atoms with Crippen molar-refractivity contribution in [1.82, 2.24) is 25.9 Å². The highest BCUT2D eigenvalue weighted by molar-refractivity contribution is 5.90. The fourth-order valence-electron chi connectivity index (χ4n) is 1.32. The number of aromatic amines is 1. The van der Waals surface area contributed by atoms with Gasteiger partial charge in [-0.25, -0.2) is 0 Å². The van der Waals surface area contributed by atoms with Crippen LogP contribution in [0.4, 0.5) is 0 Å². The van der Waals surface area contributed by atoms with Crippen LogP contribution in [0.25, 0.3) is 0 Å². The second-order valence-corrected chi connectivity index (χ2v) is 3.37. The summed E-state index contributed by atoms with van der Waals surface area (Å²) >= 11 is 0. The Hall–Kier alpha value is -2.28. The van der Waals surface area contributed by atoms with Crippen LogP contribution >= 0.6 is 0 Å². The van der Waals surface area contributed by atoms with E-state index in [1.807, 2.05) is 18.2 Å². The average Bonchev–Trinajstić information content (AvgIpc) is 2.90. The number of carbonyl (C=O) groups is 1. The summed E-state index contributed by atoms with van der Waals surface area (Å²) in [6.45, 7) is 0.0946. The molecule has 0 radical (unpaired) electrons. The molecule has 1 amide bonds. The van der Waals surface area contributed by atoms with Gasteiger partial charge >= 0.3 is 0 Å². The van der Waals surface area contributed by atoms with Gasteiger partial charge < -0.3 is 10.4 Å². The van der Waals surface area contributed by atoms with E-state index in [-0.39, 0.29) is 12.4 Å². The fourth-order valence-corrected chi connectivity index (χ4v) is 1.32. The molecule has 0 saturated heterocycles. The molecule has 7 heteroatoms. The minimum absolute atomic E-state index is 0.0507. The van der Waals surface area contributed by atoms with Crippen LogP contribution in [0.2, 0.25) is 0 Å². The first-order valence-corrected chi connectivity index (χ1v) is 5.02. The van der Waals surface area contributed by atoms with Gasteiger partial charge in [0.1, 0.15) is 0 Å². The average molecular weight is 233 g/mol. The zero-order valence-corrected chi connectivity index (χ0v) is 8.87. The highest BCUT2D eigenvalue weighted by Crippen LogP contribution is 2.10. The van der Waals surface area contributed by atoms with Gasteiger partial charge in [0.05, 0.1) is 6.10 Å². The summed E-state index contributed by atoms with van der Waals surface area (Å²) in [5.74, 6) is -0.529. The van der Waals surface area contributed by atoms with E-state index >= 15 is 0 Å². The van der Waals surface area contributed by atoms with Gasteiger partial charge in [0, 0.05) is 6.54 Å². The Morgan fingerprint density at radius 3 is 2.82 bits per heavy atom. The monoisotopic (exact) mass is 233 g/mol. The number of nitrogens with zero attached hydrogens (tertiary/aromatic N) is 3. The van der Waals surface area contributed by atoms with Crippen molar-refractivity contribution >= 4 is 5.91 Å². The zero-order valence-electron chi connectivity index (χ0n) is 8.87. The molecule has 0 saturated carbocycles. The van der Waals surface area contributed by atoms with Gasteiger partial charge in [0.2, 0.25) is 0 Å². The number of amides is 1. The van der Waals surface area contributed by atoms with E-state index < -0.39 is 12.0 Å². The third kappa shape index (κ3) is 2.85. The van der Waals surface area contributed by atoms with Gasteiger partial charge in [-0.15, -0.1) is 10.2 Å². The normalized spacial score (nSPS) is 12.1. The Balaban J connectivity index is 1.89. The van der Waals surface area contributed by atoms with Gasteiger partial charge in [-0.1, -0.05) is 30.3 Å². The quantitative estimate of drug-likeness (QED) is 0.670. The van der Waals surface area contributed by atoms with Crippen LogP contribution in [0.15, 0.2) is 30.3 Å². The van der Waals surface area contributed by atoms with Gasteiger partial charge in [0.25, 0.3) is 11.7 Å². The van der Waals surface area contributed by atoms with Crippen LogP contribution < -0.4 is 5.32 Å². The number of aromatic nitrogens is 4. The highest BCUT2D eigenvalue weighted by Gasteiger charge is 2.13. The van der Waals surface area contributed by atoms with Crippen molar-refractivity contribution in [3.63, 3.8) is 0 Å². The molecule has 0 aliphatic carbocycles.